The van der Waals surface area contributed by atoms with Gasteiger partial charge in [-0.3, -0.25) is 4.57 Å². The highest BCUT2D eigenvalue weighted by molar-refractivity contribution is 5.74. The van der Waals surface area contributed by atoms with E-state index in [1.165, 1.54) is 0 Å². The first-order chi connectivity index (χ1) is 10.1. The minimum absolute atomic E-state index is 0.0290. The second-order valence-corrected chi connectivity index (χ2v) is 6.09. The smallest absolute Gasteiger partial charge is 0.326 e. The van der Waals surface area contributed by atoms with Crippen LogP contribution in [0.2, 0.25) is 0 Å². The van der Waals surface area contributed by atoms with Gasteiger partial charge in [0.2, 0.25) is 0 Å². The van der Waals surface area contributed by atoms with Crippen LogP contribution >= 0.6 is 0 Å². The minimum atomic E-state index is -0.155. The molecule has 1 aromatic carbocycles. The Hall–Kier alpha value is -1.59. The first-order valence-corrected chi connectivity index (χ1v) is 7.73. The van der Waals surface area contributed by atoms with Gasteiger partial charge in [0.05, 0.1) is 17.1 Å². The number of aliphatic hydroxyl groups excluding tert-OH is 1. The molecule has 0 spiro atoms. The van der Waals surface area contributed by atoms with Gasteiger partial charge < -0.3 is 15.0 Å². The van der Waals surface area contributed by atoms with E-state index in [9.17, 15) is 9.90 Å². The number of H-pyrrole nitrogens is 1. The summed E-state index contributed by atoms with van der Waals surface area (Å²) in [7, 11) is 0. The number of rotatable bonds is 4. The molecule has 2 N–H and O–H groups in total. The summed E-state index contributed by atoms with van der Waals surface area (Å²) in [6.07, 6.45) is 1.65. The fraction of sp³-hybridized carbons (Fsp3) is 0.562. The van der Waals surface area contributed by atoms with E-state index < -0.39 is 0 Å². The number of imidazole rings is 1. The molecule has 3 rings (SSSR count). The zero-order chi connectivity index (χ0) is 14.8. The highest BCUT2D eigenvalue weighted by Crippen LogP contribution is 2.17. The number of likely N-dealkylation sites (tertiary alicyclic amines) is 1. The number of hydrogen-bond donors (Lipinski definition) is 2. The Kier molecular flexibility index (Phi) is 4.12. The van der Waals surface area contributed by atoms with Crippen molar-refractivity contribution in [3.05, 3.63) is 34.7 Å². The highest BCUT2D eigenvalue weighted by atomic mass is 16.3. The van der Waals surface area contributed by atoms with Gasteiger partial charge in [-0.05, 0) is 37.4 Å². The average Bonchev–Trinajstić information content (AvgIpc) is 2.79. The van der Waals surface area contributed by atoms with Crippen LogP contribution in [0.15, 0.2) is 29.1 Å². The number of nitrogens with zero attached hydrogens (tertiary/aromatic N) is 2. The zero-order valence-corrected chi connectivity index (χ0v) is 12.5. The molecule has 0 radical (unpaired) electrons. The maximum absolute atomic E-state index is 12.0. The van der Waals surface area contributed by atoms with Gasteiger partial charge in [-0.25, -0.2) is 4.79 Å². The number of aliphatic hydroxyl groups is 1. The molecular weight excluding hydrogens is 266 g/mol. The van der Waals surface area contributed by atoms with Gasteiger partial charge in [-0.1, -0.05) is 19.1 Å². The van der Waals surface area contributed by atoms with Crippen molar-refractivity contribution in [3.8, 4) is 0 Å². The first-order valence-electron chi connectivity index (χ1n) is 7.73. The number of aromatic nitrogens is 2. The summed E-state index contributed by atoms with van der Waals surface area (Å²) in [5, 5.41) is 9.75. The number of benzene rings is 1. The van der Waals surface area contributed by atoms with Crippen LogP contribution in [0.1, 0.15) is 19.8 Å². The molecular formula is C16H23N3O2. The van der Waals surface area contributed by atoms with Crippen molar-refractivity contribution >= 4 is 11.0 Å². The molecule has 1 aliphatic heterocycles. The third-order valence-electron chi connectivity index (χ3n) is 4.48. The monoisotopic (exact) mass is 289 g/mol. The number of aromatic amines is 1. The molecule has 1 aliphatic rings. The maximum Gasteiger partial charge on any atom is 0.326 e. The third-order valence-corrected chi connectivity index (χ3v) is 4.48. The van der Waals surface area contributed by atoms with Crippen molar-refractivity contribution in [2.75, 3.05) is 19.6 Å². The Morgan fingerprint density at radius 1 is 1.33 bits per heavy atom. The average molecular weight is 289 g/mol. The van der Waals surface area contributed by atoms with Gasteiger partial charge in [0.25, 0.3) is 0 Å². The van der Waals surface area contributed by atoms with Crippen LogP contribution in [0.25, 0.3) is 11.0 Å². The standard InChI is InChI=1S/C16H23N3O2/c1-12-11-18(10-7-15(12)20)8-4-9-19-14-6-3-2-5-13(14)17-16(19)21/h2-3,5-6,12,15,20H,4,7-11H2,1H3,(H,17,21). The molecule has 2 atom stereocenters. The van der Waals surface area contributed by atoms with E-state index in [2.05, 4.69) is 16.8 Å². The summed E-state index contributed by atoms with van der Waals surface area (Å²) in [5.74, 6) is 0.342. The number of fused-ring (bicyclic) bond motifs is 1. The van der Waals surface area contributed by atoms with E-state index >= 15 is 0 Å². The Morgan fingerprint density at radius 2 is 2.14 bits per heavy atom. The topological polar surface area (TPSA) is 61.3 Å². The molecule has 21 heavy (non-hydrogen) atoms. The molecule has 0 bridgehead atoms. The predicted octanol–water partition coefficient (Wildman–Crippen LogP) is 1.42. The summed E-state index contributed by atoms with van der Waals surface area (Å²) >= 11 is 0. The molecule has 2 unspecified atom stereocenters. The minimum Gasteiger partial charge on any atom is -0.393 e. The van der Waals surface area contributed by atoms with E-state index in [4.69, 9.17) is 0 Å². The normalized spacial score (nSPS) is 23.7. The summed E-state index contributed by atoms with van der Waals surface area (Å²) in [6.45, 7) is 5.71. The molecule has 0 saturated carbocycles. The number of aryl methyl sites for hydroxylation is 1. The van der Waals surface area contributed by atoms with E-state index in [0.717, 1.165) is 50.1 Å². The molecule has 1 saturated heterocycles. The van der Waals surface area contributed by atoms with Crippen molar-refractivity contribution in [1.82, 2.24) is 14.5 Å². The lowest BCUT2D eigenvalue weighted by Crippen LogP contribution is -2.42. The van der Waals surface area contributed by atoms with Gasteiger partial charge in [-0.2, -0.15) is 0 Å². The SMILES string of the molecule is CC1CN(CCCn2c(=O)[nH]c3ccccc32)CCC1O. The summed E-state index contributed by atoms with van der Waals surface area (Å²) in [6, 6.07) is 7.80. The van der Waals surface area contributed by atoms with Crippen LogP contribution < -0.4 is 5.69 Å². The van der Waals surface area contributed by atoms with E-state index in [0.29, 0.717) is 5.92 Å². The third kappa shape index (κ3) is 3.04. The van der Waals surface area contributed by atoms with Gasteiger partial charge in [0.1, 0.15) is 0 Å². The number of nitrogens with one attached hydrogen (secondary N) is 1. The van der Waals surface area contributed by atoms with Crippen LogP contribution in [0.4, 0.5) is 0 Å². The van der Waals surface area contributed by atoms with Crippen LogP contribution in [-0.2, 0) is 6.54 Å². The maximum atomic E-state index is 12.0. The molecule has 0 amide bonds. The van der Waals surface area contributed by atoms with Crippen molar-refractivity contribution in [2.24, 2.45) is 5.92 Å². The number of para-hydroxylation sites is 2. The second-order valence-electron chi connectivity index (χ2n) is 6.09. The highest BCUT2D eigenvalue weighted by Gasteiger charge is 2.23. The van der Waals surface area contributed by atoms with Crippen molar-refractivity contribution < 1.29 is 5.11 Å². The van der Waals surface area contributed by atoms with Gasteiger partial charge >= 0.3 is 5.69 Å². The van der Waals surface area contributed by atoms with Crippen LogP contribution in [-0.4, -0.2) is 45.3 Å². The van der Waals surface area contributed by atoms with Crippen LogP contribution in [0.3, 0.4) is 0 Å². The fourth-order valence-electron chi connectivity index (χ4n) is 3.20. The van der Waals surface area contributed by atoms with Crippen molar-refractivity contribution in [2.45, 2.75) is 32.4 Å². The van der Waals surface area contributed by atoms with Crippen molar-refractivity contribution in [1.29, 1.82) is 0 Å². The molecule has 1 fully saturated rings. The molecule has 1 aromatic heterocycles. The van der Waals surface area contributed by atoms with Gasteiger partial charge in [0, 0.05) is 19.6 Å². The van der Waals surface area contributed by atoms with E-state index in [-0.39, 0.29) is 11.8 Å². The van der Waals surface area contributed by atoms with Gasteiger partial charge in [-0.15, -0.1) is 0 Å². The molecule has 5 heteroatoms. The predicted molar refractivity (Wildman–Crippen MR) is 83.4 cm³/mol. The Bertz CT molecular complexity index is 661. The molecule has 5 nitrogen and oxygen atoms in total. The zero-order valence-electron chi connectivity index (χ0n) is 12.5. The molecule has 114 valence electrons. The lowest BCUT2D eigenvalue weighted by molar-refractivity contribution is 0.0343. The summed E-state index contributed by atoms with van der Waals surface area (Å²) in [5.41, 5.74) is 1.85. The summed E-state index contributed by atoms with van der Waals surface area (Å²) < 4.78 is 1.82. The van der Waals surface area contributed by atoms with Crippen LogP contribution in [0.5, 0.6) is 0 Å². The second kappa shape index (κ2) is 6.03. The number of piperidine rings is 1. The Balaban J connectivity index is 1.60. The molecule has 0 aliphatic carbocycles. The fourth-order valence-corrected chi connectivity index (χ4v) is 3.20. The largest absolute Gasteiger partial charge is 0.393 e. The number of hydrogen-bond acceptors (Lipinski definition) is 3. The van der Waals surface area contributed by atoms with E-state index in [1.54, 1.807) is 0 Å². The van der Waals surface area contributed by atoms with Crippen LogP contribution in [0, 0.1) is 5.92 Å². The summed E-state index contributed by atoms with van der Waals surface area (Å²) in [4.78, 5) is 17.3. The molecule has 2 aromatic rings. The van der Waals surface area contributed by atoms with Gasteiger partial charge in [0.15, 0.2) is 0 Å². The molecule has 2 heterocycles. The Labute approximate surface area is 124 Å². The van der Waals surface area contributed by atoms with E-state index in [1.807, 2.05) is 28.8 Å². The first kappa shape index (κ1) is 14.4. The lowest BCUT2D eigenvalue weighted by atomic mass is 9.97. The quantitative estimate of drug-likeness (QED) is 0.895. The van der Waals surface area contributed by atoms with Crippen molar-refractivity contribution in [3.63, 3.8) is 0 Å². The Morgan fingerprint density at radius 3 is 2.95 bits per heavy atom. The lowest BCUT2D eigenvalue weighted by Gasteiger charge is -2.34.